The van der Waals surface area contributed by atoms with Crippen LogP contribution in [0.15, 0.2) is 72.1 Å². The standard InChI is InChI=1S/C26H20F2N6/c27-19-7-8-21(23(28)13-19)17-4-1-6-24-22(12-17)26(34-15-20(16-34)31-11-3-9-29)33-25(32-24)18-5-2-10-30-14-18/h1-5,7-14,20H,15-16,29H2/b9-3-,31-11?. The Bertz CT molecular complexity index is 1480. The Balaban J connectivity index is 1.62. The molecule has 34 heavy (non-hydrogen) atoms. The molecule has 3 heterocycles. The molecule has 0 radical (unpaired) electrons. The average molecular weight is 454 g/mol. The van der Waals surface area contributed by atoms with Crippen molar-refractivity contribution < 1.29 is 8.78 Å². The molecular weight excluding hydrogens is 434 g/mol. The summed E-state index contributed by atoms with van der Waals surface area (Å²) in [5.74, 6) is -0.0497. The van der Waals surface area contributed by atoms with Crippen LogP contribution in [0.1, 0.15) is 5.56 Å². The number of nitrogens with two attached hydrogens (primary N) is 1. The Kier molecular flexibility index (Phi) is 5.81. The molecule has 1 aliphatic carbocycles. The van der Waals surface area contributed by atoms with Crippen molar-refractivity contribution >= 4 is 29.4 Å². The number of pyridine rings is 1. The third-order valence-corrected chi connectivity index (χ3v) is 5.53. The van der Waals surface area contributed by atoms with Gasteiger partial charge in [-0.1, -0.05) is 5.73 Å². The number of hydrogen-bond acceptors (Lipinski definition) is 6. The lowest BCUT2D eigenvalue weighted by molar-refractivity contribution is 0.517. The number of aromatic nitrogens is 3. The van der Waals surface area contributed by atoms with Crippen molar-refractivity contribution in [3.8, 4) is 11.4 Å². The first-order chi connectivity index (χ1) is 16.6. The van der Waals surface area contributed by atoms with E-state index < -0.39 is 11.6 Å². The zero-order chi connectivity index (χ0) is 23.5. The molecule has 0 amide bonds. The minimum atomic E-state index is -0.639. The summed E-state index contributed by atoms with van der Waals surface area (Å²) in [7, 11) is 0. The van der Waals surface area contributed by atoms with Gasteiger partial charge in [-0.3, -0.25) is 9.98 Å². The molecule has 0 spiro atoms. The molecule has 0 unspecified atom stereocenters. The van der Waals surface area contributed by atoms with Gasteiger partial charge in [-0.15, -0.1) is 0 Å². The maximum absolute atomic E-state index is 14.6. The van der Waals surface area contributed by atoms with Gasteiger partial charge in [-0.25, -0.2) is 18.7 Å². The number of anilines is 1. The first-order valence-electron chi connectivity index (χ1n) is 10.7. The predicted molar refractivity (Wildman–Crippen MR) is 129 cm³/mol. The molecule has 3 aromatic rings. The molecule has 2 N–H and O–H groups in total. The number of benzene rings is 1. The Morgan fingerprint density at radius 2 is 2.06 bits per heavy atom. The Morgan fingerprint density at radius 1 is 1.18 bits per heavy atom. The van der Waals surface area contributed by atoms with Crippen molar-refractivity contribution in [3.05, 3.63) is 94.9 Å². The van der Waals surface area contributed by atoms with Gasteiger partial charge in [0.15, 0.2) is 5.82 Å². The van der Waals surface area contributed by atoms with Crippen LogP contribution in [0, 0.1) is 11.6 Å². The van der Waals surface area contributed by atoms with E-state index in [0.29, 0.717) is 40.9 Å². The van der Waals surface area contributed by atoms with Crippen LogP contribution in [0.3, 0.4) is 0 Å². The maximum Gasteiger partial charge on any atom is 0.164 e. The van der Waals surface area contributed by atoms with Crippen molar-refractivity contribution in [2.45, 2.75) is 6.04 Å². The van der Waals surface area contributed by atoms with E-state index in [1.54, 1.807) is 36.8 Å². The SMILES string of the molecule is N/C=C\C=NC1CN(c2nc(-c3cccnc3)nc3c2=CC(c2ccc(F)cc2F)=CC=C=3)C1. The van der Waals surface area contributed by atoms with E-state index in [0.717, 1.165) is 11.6 Å². The van der Waals surface area contributed by atoms with Crippen molar-refractivity contribution in [1.82, 2.24) is 15.0 Å². The molecule has 0 bridgehead atoms. The number of hydrogen-bond donors (Lipinski definition) is 1. The summed E-state index contributed by atoms with van der Waals surface area (Å²) in [4.78, 5) is 20.3. The zero-order valence-electron chi connectivity index (χ0n) is 18.1. The minimum absolute atomic E-state index is 0.110. The fourth-order valence-electron chi connectivity index (χ4n) is 3.81. The largest absolute Gasteiger partial charge is 0.405 e. The number of allylic oxidation sites excluding steroid dienone is 4. The molecule has 168 valence electrons. The van der Waals surface area contributed by atoms with Crippen LogP contribution in [0.4, 0.5) is 14.6 Å². The van der Waals surface area contributed by atoms with Gasteiger partial charge < -0.3 is 10.6 Å². The van der Waals surface area contributed by atoms with Gasteiger partial charge >= 0.3 is 0 Å². The summed E-state index contributed by atoms with van der Waals surface area (Å²) < 4.78 is 28.0. The highest BCUT2D eigenvalue weighted by Crippen LogP contribution is 2.24. The molecule has 0 atom stereocenters. The van der Waals surface area contributed by atoms with Crippen LogP contribution in [-0.2, 0) is 0 Å². The van der Waals surface area contributed by atoms with E-state index in [9.17, 15) is 8.78 Å². The maximum atomic E-state index is 14.6. The summed E-state index contributed by atoms with van der Waals surface area (Å²) in [5.41, 5.74) is 10.2. The fourth-order valence-corrected chi connectivity index (χ4v) is 3.81. The van der Waals surface area contributed by atoms with Gasteiger partial charge in [0.2, 0.25) is 0 Å². The highest BCUT2D eigenvalue weighted by atomic mass is 19.1. The third kappa shape index (κ3) is 4.27. The van der Waals surface area contributed by atoms with E-state index in [2.05, 4.69) is 20.6 Å². The predicted octanol–water partition coefficient (Wildman–Crippen LogP) is 2.36. The monoisotopic (exact) mass is 454 g/mol. The van der Waals surface area contributed by atoms with Gasteiger partial charge in [0, 0.05) is 48.9 Å². The smallest absolute Gasteiger partial charge is 0.164 e. The molecular formula is C26H20F2N6. The van der Waals surface area contributed by atoms with E-state index in [1.807, 2.05) is 18.2 Å². The lowest BCUT2D eigenvalue weighted by Crippen LogP contribution is -2.53. The van der Waals surface area contributed by atoms with Gasteiger partial charge in [0.1, 0.15) is 22.8 Å². The van der Waals surface area contributed by atoms with Crippen molar-refractivity contribution in [3.63, 3.8) is 0 Å². The molecule has 5 rings (SSSR count). The lowest BCUT2D eigenvalue weighted by atomic mass is 10.0. The second-order valence-corrected chi connectivity index (χ2v) is 7.82. The van der Waals surface area contributed by atoms with E-state index in [1.165, 1.54) is 18.3 Å². The molecule has 1 aromatic carbocycles. The molecule has 1 fully saturated rings. The van der Waals surface area contributed by atoms with Gasteiger partial charge in [0.25, 0.3) is 0 Å². The van der Waals surface area contributed by atoms with E-state index >= 15 is 0 Å². The number of fused-ring (bicyclic) bond motifs is 1. The van der Waals surface area contributed by atoms with Crippen LogP contribution >= 0.6 is 0 Å². The number of nitrogens with zero attached hydrogens (tertiary/aromatic N) is 5. The van der Waals surface area contributed by atoms with Gasteiger partial charge in [0.05, 0.1) is 11.3 Å². The van der Waals surface area contributed by atoms with Crippen LogP contribution < -0.4 is 21.2 Å². The minimum Gasteiger partial charge on any atom is -0.405 e. The highest BCUT2D eigenvalue weighted by Gasteiger charge is 2.28. The Labute approximate surface area is 194 Å². The lowest BCUT2D eigenvalue weighted by Gasteiger charge is -2.38. The first-order valence-corrected chi connectivity index (χ1v) is 10.7. The topological polar surface area (TPSA) is 80.3 Å². The summed E-state index contributed by atoms with van der Waals surface area (Å²) in [5, 5.41) is 1.29. The molecule has 1 saturated heterocycles. The van der Waals surface area contributed by atoms with Gasteiger partial charge in [-0.05, 0) is 60.3 Å². The normalized spacial score (nSPS) is 15.5. The fraction of sp³-hybridized carbons (Fsp3) is 0.115. The zero-order valence-corrected chi connectivity index (χ0v) is 18.1. The molecule has 1 aliphatic heterocycles. The first kappa shape index (κ1) is 21.4. The highest BCUT2D eigenvalue weighted by molar-refractivity contribution is 5.91. The number of aliphatic imine (C=N–C) groups is 1. The van der Waals surface area contributed by atoms with Crippen LogP contribution in [-0.4, -0.2) is 40.3 Å². The molecule has 6 nitrogen and oxygen atoms in total. The van der Waals surface area contributed by atoms with Crippen LogP contribution in [0.2, 0.25) is 0 Å². The summed E-state index contributed by atoms with van der Waals surface area (Å²) in [6.45, 7) is 1.32. The molecule has 2 aromatic heterocycles. The van der Waals surface area contributed by atoms with Crippen molar-refractivity contribution in [2.75, 3.05) is 18.0 Å². The van der Waals surface area contributed by atoms with Crippen molar-refractivity contribution in [2.24, 2.45) is 10.7 Å². The summed E-state index contributed by atoms with van der Waals surface area (Å²) >= 11 is 0. The number of rotatable bonds is 5. The van der Waals surface area contributed by atoms with Crippen LogP contribution in [0.25, 0.3) is 28.8 Å². The third-order valence-electron chi connectivity index (χ3n) is 5.53. The summed E-state index contributed by atoms with van der Waals surface area (Å²) in [6.07, 6.45) is 13.4. The van der Waals surface area contributed by atoms with Crippen LogP contribution in [0.5, 0.6) is 0 Å². The van der Waals surface area contributed by atoms with E-state index in [4.69, 9.17) is 15.7 Å². The Hall–Kier alpha value is -4.42. The summed E-state index contributed by atoms with van der Waals surface area (Å²) in [6, 6.07) is 7.37. The average Bonchev–Trinajstić information content (AvgIpc) is 3.03. The number of halogens is 2. The molecule has 2 aliphatic rings. The second-order valence-electron chi connectivity index (χ2n) is 7.82. The quantitative estimate of drug-likeness (QED) is 0.599. The van der Waals surface area contributed by atoms with E-state index in [-0.39, 0.29) is 11.6 Å². The Morgan fingerprint density at radius 3 is 2.82 bits per heavy atom. The molecule has 0 saturated carbocycles. The second kappa shape index (κ2) is 9.21. The van der Waals surface area contributed by atoms with Gasteiger partial charge in [-0.2, -0.15) is 0 Å². The molecule has 8 heteroatoms. The van der Waals surface area contributed by atoms with Crippen molar-refractivity contribution in [1.29, 1.82) is 0 Å².